The average molecular weight is 397 g/mol. The highest BCUT2D eigenvalue weighted by Gasteiger charge is 2.24. The molecule has 2 N–H and O–H groups in total. The summed E-state index contributed by atoms with van der Waals surface area (Å²) in [5.41, 5.74) is 1.93. The zero-order chi connectivity index (χ0) is 19.8. The van der Waals surface area contributed by atoms with Gasteiger partial charge in [-0.1, -0.05) is 30.3 Å². The highest BCUT2D eigenvalue weighted by molar-refractivity contribution is 7.99. The number of aliphatic imine (C=N–C) groups is 1. The first-order valence-corrected chi connectivity index (χ1v) is 10.6. The smallest absolute Gasteiger partial charge is 0.221 e. The molecule has 1 atom stereocenters. The van der Waals surface area contributed by atoms with Crippen molar-refractivity contribution in [1.82, 2.24) is 10.2 Å². The van der Waals surface area contributed by atoms with Gasteiger partial charge < -0.3 is 15.5 Å². The van der Waals surface area contributed by atoms with E-state index >= 15 is 0 Å². The Bertz CT molecular complexity index is 809. The van der Waals surface area contributed by atoms with E-state index in [1.165, 1.54) is 18.2 Å². The zero-order valence-corrected chi connectivity index (χ0v) is 17.3. The molecule has 1 aliphatic heterocycles. The van der Waals surface area contributed by atoms with E-state index in [0.717, 1.165) is 36.1 Å². The third kappa shape index (κ3) is 6.02. The summed E-state index contributed by atoms with van der Waals surface area (Å²) in [4.78, 5) is 19.4. The fourth-order valence-corrected chi connectivity index (χ4v) is 4.42. The second kappa shape index (κ2) is 10.2. The monoisotopic (exact) mass is 396 g/mol. The minimum atomic E-state index is -0.0580. The van der Waals surface area contributed by atoms with Crippen molar-refractivity contribution in [3.63, 3.8) is 0 Å². The second-order valence-electron chi connectivity index (χ2n) is 7.01. The van der Waals surface area contributed by atoms with Crippen molar-refractivity contribution in [3.05, 3.63) is 60.2 Å². The van der Waals surface area contributed by atoms with Crippen LogP contribution in [-0.2, 0) is 11.3 Å². The molecule has 1 aliphatic rings. The lowest BCUT2D eigenvalue weighted by Crippen LogP contribution is -2.39. The minimum absolute atomic E-state index is 0.0580. The predicted octanol–water partition coefficient (Wildman–Crippen LogP) is 3.83. The molecule has 6 heteroatoms. The highest BCUT2D eigenvalue weighted by Crippen LogP contribution is 2.25. The Hall–Kier alpha value is -2.47. The molecule has 2 aromatic rings. The molecular formula is C22H28N4OS. The summed E-state index contributed by atoms with van der Waals surface area (Å²) in [7, 11) is 1.84. The first kappa shape index (κ1) is 20.3. The average Bonchev–Trinajstić information content (AvgIpc) is 3.16. The van der Waals surface area contributed by atoms with E-state index in [0.29, 0.717) is 12.5 Å². The fraction of sp³-hybridized carbons (Fsp3) is 0.364. The number of amides is 1. The summed E-state index contributed by atoms with van der Waals surface area (Å²) in [6.07, 6.45) is 1.19. The largest absolute Gasteiger partial charge is 0.352 e. The number of nitrogens with one attached hydrogen (secondary N) is 2. The molecule has 0 aromatic heterocycles. The van der Waals surface area contributed by atoms with Gasteiger partial charge in [0.15, 0.2) is 5.96 Å². The highest BCUT2D eigenvalue weighted by atomic mass is 32.2. The second-order valence-corrected chi connectivity index (χ2v) is 8.10. The van der Waals surface area contributed by atoms with Gasteiger partial charge in [-0.05, 0) is 42.2 Å². The number of nitrogens with zero attached hydrogens (tertiary/aromatic N) is 2. The quantitative estimate of drug-likeness (QED) is 0.443. The molecule has 148 valence electrons. The van der Waals surface area contributed by atoms with Gasteiger partial charge in [-0.3, -0.25) is 9.79 Å². The first-order valence-electron chi connectivity index (χ1n) is 9.64. The molecule has 1 amide bonds. The Balaban J connectivity index is 1.48. The van der Waals surface area contributed by atoms with Gasteiger partial charge in [0, 0.05) is 49.9 Å². The number of benzene rings is 2. The Morgan fingerprint density at radius 3 is 2.79 bits per heavy atom. The van der Waals surface area contributed by atoms with Crippen molar-refractivity contribution < 1.29 is 4.79 Å². The molecule has 2 aromatic carbocycles. The molecule has 1 heterocycles. The lowest BCUT2D eigenvalue weighted by Gasteiger charge is -2.22. The van der Waals surface area contributed by atoms with Crippen LogP contribution in [0.2, 0.25) is 0 Å². The third-order valence-electron chi connectivity index (χ3n) is 4.72. The van der Waals surface area contributed by atoms with Gasteiger partial charge in [-0.15, -0.1) is 11.8 Å². The van der Waals surface area contributed by atoms with Gasteiger partial charge in [0.2, 0.25) is 5.91 Å². The van der Waals surface area contributed by atoms with Gasteiger partial charge in [0.1, 0.15) is 0 Å². The van der Waals surface area contributed by atoms with Gasteiger partial charge >= 0.3 is 0 Å². The topological polar surface area (TPSA) is 56.7 Å². The van der Waals surface area contributed by atoms with E-state index in [4.69, 9.17) is 0 Å². The van der Waals surface area contributed by atoms with E-state index < -0.39 is 0 Å². The van der Waals surface area contributed by atoms with Crippen LogP contribution in [0.3, 0.4) is 0 Å². The molecule has 0 saturated carbocycles. The standard InChI is InChI=1S/C22H28N4OS/c1-17(27)25-20-8-6-7-18(13-20)14-24-22(23-2)26-12-11-19(15-26)16-28-21-9-4-3-5-10-21/h3-10,13,19H,11-12,14-16H2,1-2H3,(H,23,24)(H,25,27). The van der Waals surface area contributed by atoms with Crippen LogP contribution in [0.25, 0.3) is 0 Å². The molecule has 0 spiro atoms. The van der Waals surface area contributed by atoms with E-state index in [9.17, 15) is 4.79 Å². The van der Waals surface area contributed by atoms with Crippen molar-refractivity contribution >= 4 is 29.3 Å². The molecule has 28 heavy (non-hydrogen) atoms. The number of guanidine groups is 1. The van der Waals surface area contributed by atoms with E-state index in [2.05, 4.69) is 56.9 Å². The summed E-state index contributed by atoms with van der Waals surface area (Å²) in [6.45, 7) is 4.27. The molecule has 0 aliphatic carbocycles. The third-order valence-corrected chi connectivity index (χ3v) is 5.97. The van der Waals surface area contributed by atoms with Crippen LogP contribution in [-0.4, -0.2) is 42.7 Å². The number of thioether (sulfide) groups is 1. The fourth-order valence-electron chi connectivity index (χ4n) is 3.37. The van der Waals surface area contributed by atoms with E-state index in [-0.39, 0.29) is 5.91 Å². The molecule has 0 bridgehead atoms. The van der Waals surface area contributed by atoms with Crippen LogP contribution in [0.5, 0.6) is 0 Å². The van der Waals surface area contributed by atoms with Gasteiger partial charge in [-0.2, -0.15) is 0 Å². The lowest BCUT2D eigenvalue weighted by molar-refractivity contribution is -0.114. The molecule has 0 radical (unpaired) electrons. The van der Waals surface area contributed by atoms with Crippen molar-refractivity contribution in [2.45, 2.75) is 24.8 Å². The van der Waals surface area contributed by atoms with Gasteiger partial charge in [0.05, 0.1) is 0 Å². The number of carbonyl (C=O) groups is 1. The summed E-state index contributed by atoms with van der Waals surface area (Å²) in [5, 5.41) is 6.28. The number of hydrogen-bond acceptors (Lipinski definition) is 3. The number of rotatable bonds is 6. The van der Waals surface area contributed by atoms with Crippen molar-refractivity contribution in [3.8, 4) is 0 Å². The van der Waals surface area contributed by atoms with Crippen LogP contribution in [0.4, 0.5) is 5.69 Å². The molecule has 1 unspecified atom stereocenters. The number of carbonyl (C=O) groups excluding carboxylic acids is 1. The number of hydrogen-bond donors (Lipinski definition) is 2. The van der Waals surface area contributed by atoms with Gasteiger partial charge in [0.25, 0.3) is 0 Å². The Morgan fingerprint density at radius 2 is 2.04 bits per heavy atom. The van der Waals surface area contributed by atoms with Crippen molar-refractivity contribution in [1.29, 1.82) is 0 Å². The van der Waals surface area contributed by atoms with Crippen LogP contribution in [0.1, 0.15) is 18.9 Å². The summed E-state index contributed by atoms with van der Waals surface area (Å²) >= 11 is 1.93. The van der Waals surface area contributed by atoms with Crippen molar-refractivity contribution in [2.24, 2.45) is 10.9 Å². The molecule has 1 saturated heterocycles. The minimum Gasteiger partial charge on any atom is -0.352 e. The van der Waals surface area contributed by atoms with Crippen LogP contribution in [0.15, 0.2) is 64.5 Å². The molecule has 5 nitrogen and oxygen atoms in total. The normalized spacial score (nSPS) is 16.9. The summed E-state index contributed by atoms with van der Waals surface area (Å²) in [5.74, 6) is 2.69. The Kier molecular flexibility index (Phi) is 7.37. The van der Waals surface area contributed by atoms with Gasteiger partial charge in [-0.25, -0.2) is 0 Å². The number of anilines is 1. The first-order chi connectivity index (χ1) is 13.6. The zero-order valence-electron chi connectivity index (χ0n) is 16.5. The lowest BCUT2D eigenvalue weighted by atomic mass is 10.2. The number of likely N-dealkylation sites (tertiary alicyclic amines) is 1. The maximum Gasteiger partial charge on any atom is 0.221 e. The summed E-state index contributed by atoms with van der Waals surface area (Å²) < 4.78 is 0. The Morgan fingerprint density at radius 1 is 1.21 bits per heavy atom. The maximum atomic E-state index is 11.2. The SMILES string of the molecule is CN=C(NCc1cccc(NC(C)=O)c1)N1CCC(CSc2ccccc2)C1. The molecule has 3 rings (SSSR count). The Labute approximate surface area is 171 Å². The van der Waals surface area contributed by atoms with E-state index in [1.54, 1.807) is 0 Å². The predicted molar refractivity (Wildman–Crippen MR) is 118 cm³/mol. The van der Waals surface area contributed by atoms with Crippen LogP contribution >= 0.6 is 11.8 Å². The van der Waals surface area contributed by atoms with Crippen molar-refractivity contribution in [2.75, 3.05) is 31.2 Å². The van der Waals surface area contributed by atoms with Crippen LogP contribution < -0.4 is 10.6 Å². The molecular weight excluding hydrogens is 368 g/mol. The maximum absolute atomic E-state index is 11.2. The van der Waals surface area contributed by atoms with Crippen LogP contribution in [0, 0.1) is 5.92 Å². The molecule has 1 fully saturated rings. The van der Waals surface area contributed by atoms with E-state index in [1.807, 2.05) is 37.0 Å². The summed E-state index contributed by atoms with van der Waals surface area (Å²) in [6, 6.07) is 18.5.